The summed E-state index contributed by atoms with van der Waals surface area (Å²) in [6.07, 6.45) is 5.56. The lowest BCUT2D eigenvalue weighted by Crippen LogP contribution is -2.48. The molecule has 338 valence electrons. The first-order valence-electron chi connectivity index (χ1n) is 21.4. The van der Waals surface area contributed by atoms with Gasteiger partial charge in [0.2, 0.25) is 17.8 Å². The predicted molar refractivity (Wildman–Crippen MR) is 237 cm³/mol. The number of ether oxygens (including phenoxy) is 1. The monoisotopic (exact) mass is 891 g/mol. The number of imide groups is 1. The largest absolute Gasteiger partial charge is 0.496 e. The van der Waals surface area contributed by atoms with Gasteiger partial charge in [-0.2, -0.15) is 4.98 Å². The number of hydrogen-bond acceptors (Lipinski definition) is 13. The lowest BCUT2D eigenvalue weighted by molar-refractivity contribution is -0.134. The zero-order valence-corrected chi connectivity index (χ0v) is 35.6. The summed E-state index contributed by atoms with van der Waals surface area (Å²) in [6, 6.07) is 18.8. The number of nitrogens with zero attached hydrogens (tertiary/aromatic N) is 6. The number of piperazine rings is 1. The maximum Gasteiger partial charge on any atom is 0.268 e. The van der Waals surface area contributed by atoms with E-state index >= 15 is 8.78 Å². The first-order valence-corrected chi connectivity index (χ1v) is 21.4. The molecule has 8 rings (SSSR count). The van der Waals surface area contributed by atoms with Crippen LogP contribution in [0.4, 0.5) is 47.8 Å². The number of halogens is 3. The van der Waals surface area contributed by atoms with E-state index < -0.39 is 35.2 Å². The second-order valence-corrected chi connectivity index (χ2v) is 16.1. The van der Waals surface area contributed by atoms with Gasteiger partial charge in [-0.05, 0) is 92.7 Å². The molecule has 0 bridgehead atoms. The van der Waals surface area contributed by atoms with Crippen LogP contribution in [0.25, 0.3) is 0 Å². The van der Waals surface area contributed by atoms with Gasteiger partial charge >= 0.3 is 0 Å². The number of carbonyl (C=O) groups is 4. The number of amides is 4. The van der Waals surface area contributed by atoms with Gasteiger partial charge in [-0.1, -0.05) is 12.1 Å². The van der Waals surface area contributed by atoms with E-state index in [1.54, 1.807) is 48.5 Å². The Morgan fingerprint density at radius 1 is 0.769 bits per heavy atom. The molecule has 0 aliphatic carbocycles. The van der Waals surface area contributed by atoms with Gasteiger partial charge in [0, 0.05) is 80.6 Å². The summed E-state index contributed by atoms with van der Waals surface area (Å²) in [4.78, 5) is 66.7. The maximum absolute atomic E-state index is 15.3. The molecule has 3 aromatic carbocycles. The fraction of sp³-hybridized carbons (Fsp3) is 0.326. The number of hydrogen-bond donors (Lipinski definition) is 5. The molecule has 5 heterocycles. The zero-order chi connectivity index (χ0) is 45.5. The van der Waals surface area contributed by atoms with Crippen LogP contribution in [0.5, 0.6) is 5.75 Å². The van der Waals surface area contributed by atoms with Crippen molar-refractivity contribution in [1.82, 2.24) is 35.6 Å². The Morgan fingerprint density at radius 2 is 1.51 bits per heavy atom. The second-order valence-electron chi connectivity index (χ2n) is 16.1. The Morgan fingerprint density at radius 3 is 2.23 bits per heavy atom. The Labute approximate surface area is 372 Å². The van der Waals surface area contributed by atoms with Crippen molar-refractivity contribution in [1.29, 1.82) is 0 Å². The fourth-order valence-corrected chi connectivity index (χ4v) is 8.18. The topological polar surface area (TPSA) is 186 Å². The van der Waals surface area contributed by atoms with Crippen LogP contribution in [-0.2, 0) is 9.59 Å². The Balaban J connectivity index is 0.757. The number of hydrazine groups is 1. The highest BCUT2D eigenvalue weighted by atomic mass is 19.1. The predicted octanol–water partition coefficient (Wildman–Crippen LogP) is 6.13. The number of methoxy groups -OCH3 is 1. The molecule has 16 nitrogen and oxygen atoms in total. The molecular weight excluding hydrogens is 844 g/mol. The third kappa shape index (κ3) is 11.0. The lowest BCUT2D eigenvalue weighted by Gasteiger charge is -2.37. The van der Waals surface area contributed by atoms with Crippen molar-refractivity contribution in [2.75, 3.05) is 73.8 Å². The summed E-state index contributed by atoms with van der Waals surface area (Å²) in [7, 11) is 1.49. The summed E-state index contributed by atoms with van der Waals surface area (Å²) in [5.74, 6) is -3.18. The van der Waals surface area contributed by atoms with E-state index in [2.05, 4.69) is 46.5 Å². The van der Waals surface area contributed by atoms with Crippen LogP contribution in [0.2, 0.25) is 0 Å². The van der Waals surface area contributed by atoms with Crippen LogP contribution in [0.3, 0.4) is 0 Å². The minimum atomic E-state index is -0.758. The molecule has 2 aromatic heterocycles. The number of anilines is 6. The Kier molecular flexibility index (Phi) is 13.8. The minimum Gasteiger partial charge on any atom is -0.496 e. The molecule has 0 spiro atoms. The first-order chi connectivity index (χ1) is 31.5. The number of rotatable bonds is 14. The Hall–Kier alpha value is -7.12. The fourth-order valence-electron chi connectivity index (χ4n) is 8.18. The number of para-hydroxylation sites is 1. The van der Waals surface area contributed by atoms with Crippen LogP contribution in [0.1, 0.15) is 64.3 Å². The average Bonchev–Trinajstić information content (AvgIpc) is 3.31. The number of piperidine rings is 2. The number of benzene rings is 3. The number of carbonyl (C=O) groups excluding carboxylic acids is 4. The average molecular weight is 892 g/mol. The number of pyridine rings is 1. The zero-order valence-electron chi connectivity index (χ0n) is 35.6. The van der Waals surface area contributed by atoms with Gasteiger partial charge in [0.05, 0.1) is 30.4 Å². The molecule has 65 heavy (non-hydrogen) atoms. The molecule has 4 amide bonds. The second kappa shape index (κ2) is 20.2. The van der Waals surface area contributed by atoms with Crippen molar-refractivity contribution in [3.8, 4) is 5.75 Å². The molecule has 1 atom stereocenters. The van der Waals surface area contributed by atoms with Crippen LogP contribution in [0, 0.1) is 23.4 Å². The van der Waals surface area contributed by atoms with E-state index in [0.29, 0.717) is 60.6 Å². The Bertz CT molecular complexity index is 2550. The highest BCUT2D eigenvalue weighted by Crippen LogP contribution is 2.30. The van der Waals surface area contributed by atoms with Crippen LogP contribution >= 0.6 is 0 Å². The molecule has 3 fully saturated rings. The number of nitrogens with one attached hydrogen (secondary N) is 5. The van der Waals surface area contributed by atoms with Crippen molar-refractivity contribution in [2.24, 2.45) is 5.92 Å². The third-order valence-electron chi connectivity index (χ3n) is 11.9. The van der Waals surface area contributed by atoms with Crippen molar-refractivity contribution < 1.29 is 37.1 Å². The van der Waals surface area contributed by atoms with Crippen molar-refractivity contribution in [2.45, 2.75) is 38.0 Å². The molecule has 1 unspecified atom stereocenters. The maximum atomic E-state index is 15.3. The van der Waals surface area contributed by atoms with Gasteiger partial charge in [0.15, 0.2) is 11.6 Å². The normalized spacial score (nSPS) is 17.3. The molecule has 3 aliphatic rings. The smallest absolute Gasteiger partial charge is 0.268 e. The van der Waals surface area contributed by atoms with Gasteiger partial charge in [0.25, 0.3) is 11.8 Å². The minimum absolute atomic E-state index is 0.0130. The van der Waals surface area contributed by atoms with E-state index in [4.69, 9.17) is 4.74 Å². The molecule has 0 radical (unpaired) electrons. The van der Waals surface area contributed by atoms with E-state index in [1.165, 1.54) is 31.5 Å². The van der Waals surface area contributed by atoms with E-state index in [9.17, 15) is 23.6 Å². The van der Waals surface area contributed by atoms with Crippen LogP contribution < -0.4 is 36.3 Å². The third-order valence-corrected chi connectivity index (χ3v) is 11.9. The summed E-state index contributed by atoms with van der Waals surface area (Å²) in [5, 5.41) is 12.6. The van der Waals surface area contributed by atoms with E-state index in [0.717, 1.165) is 51.2 Å². The molecule has 0 saturated carbocycles. The van der Waals surface area contributed by atoms with Crippen LogP contribution in [0.15, 0.2) is 85.2 Å². The summed E-state index contributed by atoms with van der Waals surface area (Å²) in [5.41, 5.74) is 4.52. The molecule has 5 aromatic rings. The number of aromatic nitrogens is 3. The molecule has 3 saturated heterocycles. The summed E-state index contributed by atoms with van der Waals surface area (Å²) < 4.78 is 50.4. The highest BCUT2D eigenvalue weighted by molar-refractivity contribution is 6.06. The molecule has 19 heteroatoms. The van der Waals surface area contributed by atoms with Crippen molar-refractivity contribution in [3.05, 3.63) is 119 Å². The van der Waals surface area contributed by atoms with Gasteiger partial charge in [0.1, 0.15) is 23.2 Å². The SMILES string of the molecule is COc1ccccc1C(=O)Nc1ccc(Nc2nc(Nc3ccc(C(=O)NN4CCC(CCN5CCN(c6cc(F)c(C7CCC(=O)NC7=O)cn6)CC5)CC4)c(F)c3)ncc2F)cc1. The van der Waals surface area contributed by atoms with Gasteiger partial charge in [-0.25, -0.2) is 28.1 Å². The van der Waals surface area contributed by atoms with Crippen molar-refractivity contribution in [3.63, 3.8) is 0 Å². The first kappa shape index (κ1) is 44.5. The van der Waals surface area contributed by atoms with E-state index in [1.807, 2.05) is 9.91 Å². The van der Waals surface area contributed by atoms with Crippen molar-refractivity contribution >= 4 is 58.3 Å². The molecule has 3 aliphatic heterocycles. The molecule has 5 N–H and O–H groups in total. The van der Waals surface area contributed by atoms with Gasteiger partial charge < -0.3 is 25.6 Å². The molecular formula is C46H48F3N11O5. The summed E-state index contributed by atoms with van der Waals surface area (Å²) in [6.45, 7) is 5.14. The standard InChI is InChI=1S/C46H48F3N11O5/c1-65-39-5-3-2-4-34(39)44(63)53-30-8-6-29(7-9-30)52-42-38(49)27-51-46(56-42)54-31-10-11-33(36(47)24-31)45(64)57-60-18-15-28(16-19-60)14-17-58-20-22-59(23-21-58)40-25-37(48)35(26-50-40)32-12-13-41(61)55-43(32)62/h2-11,24-28,32H,12-23H2,1H3,(H,53,63)(H,57,64)(H,55,61,62)(H2,51,52,54,56). The van der Waals surface area contributed by atoms with Crippen LogP contribution in [-0.4, -0.2) is 101 Å². The van der Waals surface area contributed by atoms with Gasteiger partial charge in [-0.3, -0.25) is 34.8 Å². The lowest BCUT2D eigenvalue weighted by atomic mass is 9.91. The van der Waals surface area contributed by atoms with Gasteiger partial charge in [-0.15, -0.1) is 0 Å². The van der Waals surface area contributed by atoms with E-state index in [-0.39, 0.29) is 53.2 Å². The summed E-state index contributed by atoms with van der Waals surface area (Å²) >= 11 is 0. The highest BCUT2D eigenvalue weighted by Gasteiger charge is 2.31. The quantitative estimate of drug-likeness (QED) is 0.0804.